The van der Waals surface area contributed by atoms with Crippen molar-refractivity contribution >= 4 is 29.2 Å². The number of hydrogen-bond acceptors (Lipinski definition) is 5. The molecule has 0 radical (unpaired) electrons. The number of hydrogen-bond donors (Lipinski definition) is 3. The highest BCUT2D eigenvalue weighted by Crippen LogP contribution is 2.34. The maximum absolute atomic E-state index is 13.0. The third-order valence-electron chi connectivity index (χ3n) is 9.31. The van der Waals surface area contributed by atoms with E-state index in [2.05, 4.69) is 10.3 Å². The molecule has 52 heavy (non-hydrogen) atoms. The average Bonchev–Trinajstić information content (AvgIpc) is 3.13. The minimum atomic E-state index is -4.41. The summed E-state index contributed by atoms with van der Waals surface area (Å²) in [6.07, 6.45) is 0.765. The van der Waals surface area contributed by atoms with Gasteiger partial charge in [0, 0.05) is 22.8 Å². The van der Waals surface area contributed by atoms with Crippen LogP contribution in [0, 0.1) is 0 Å². The van der Waals surface area contributed by atoms with Gasteiger partial charge in [0.05, 0.1) is 16.8 Å². The van der Waals surface area contributed by atoms with E-state index in [9.17, 15) is 33.0 Å². The fraction of sp³-hybridized carbons (Fsp3) is 0.244. The van der Waals surface area contributed by atoms with Crippen LogP contribution < -0.4 is 10.1 Å². The van der Waals surface area contributed by atoms with Gasteiger partial charge in [0.15, 0.2) is 5.69 Å². The number of benzene rings is 4. The summed E-state index contributed by atoms with van der Waals surface area (Å²) in [5, 5.41) is 23.3. The van der Waals surface area contributed by atoms with Crippen LogP contribution in [0.25, 0.3) is 11.1 Å². The van der Waals surface area contributed by atoms with E-state index in [1.165, 1.54) is 12.1 Å². The number of rotatable bonds is 13. The van der Waals surface area contributed by atoms with E-state index in [1.54, 1.807) is 42.5 Å². The first-order valence-electron chi connectivity index (χ1n) is 17.0. The molecule has 11 heteroatoms. The van der Waals surface area contributed by atoms with Crippen LogP contribution in [-0.2, 0) is 44.9 Å². The molecule has 0 bridgehead atoms. The zero-order chi connectivity index (χ0) is 36.8. The Kier molecular flexibility index (Phi) is 11.1. The first kappa shape index (κ1) is 36.4. The lowest BCUT2D eigenvalue weighted by molar-refractivity contribution is -0.137. The Labute approximate surface area is 304 Å². The monoisotopic (exact) mass is 728 g/mol. The van der Waals surface area contributed by atoms with E-state index in [-0.39, 0.29) is 17.9 Å². The van der Waals surface area contributed by atoms with Crippen LogP contribution in [0.2, 0.25) is 5.02 Å². The summed E-state index contributed by atoms with van der Waals surface area (Å²) in [5.74, 6) is -1.45. The third-order valence-corrected chi connectivity index (χ3v) is 9.66. The Balaban J connectivity index is 1.16. The maximum atomic E-state index is 13.0. The molecule has 6 rings (SSSR count). The van der Waals surface area contributed by atoms with Crippen molar-refractivity contribution in [1.82, 2.24) is 4.98 Å². The fourth-order valence-electron chi connectivity index (χ4n) is 6.55. The number of carbonyl (C=O) groups is 2. The van der Waals surface area contributed by atoms with Crippen LogP contribution in [-0.4, -0.2) is 33.7 Å². The molecule has 0 saturated carbocycles. The van der Waals surface area contributed by atoms with Crippen molar-refractivity contribution in [3.8, 4) is 16.9 Å². The lowest BCUT2D eigenvalue weighted by Crippen LogP contribution is -2.20. The van der Waals surface area contributed by atoms with E-state index in [0.29, 0.717) is 59.0 Å². The van der Waals surface area contributed by atoms with Gasteiger partial charge in [0.1, 0.15) is 12.4 Å². The van der Waals surface area contributed by atoms with E-state index in [4.69, 9.17) is 16.3 Å². The van der Waals surface area contributed by atoms with Crippen LogP contribution in [0.15, 0.2) is 91.0 Å². The molecular formula is C41H36ClF3N2O5. The Morgan fingerprint density at radius 1 is 0.808 bits per heavy atom. The molecule has 3 N–H and O–H groups in total. The number of alkyl halides is 3. The lowest BCUT2D eigenvalue weighted by atomic mass is 9.88. The minimum Gasteiger partial charge on any atom is -0.489 e. The molecule has 0 spiro atoms. The summed E-state index contributed by atoms with van der Waals surface area (Å²) in [5.41, 5.74) is 6.70. The number of anilines is 1. The Hall–Kier alpha value is -5.35. The van der Waals surface area contributed by atoms with Gasteiger partial charge in [-0.3, -0.25) is 0 Å². The van der Waals surface area contributed by atoms with Crippen molar-refractivity contribution in [2.75, 3.05) is 11.9 Å². The van der Waals surface area contributed by atoms with Crippen LogP contribution >= 0.6 is 11.6 Å². The highest BCUT2D eigenvalue weighted by atomic mass is 35.5. The highest BCUT2D eigenvalue weighted by Gasteiger charge is 2.30. The molecular weight excluding hydrogens is 693 g/mol. The number of carboxylic acid groups (broad SMARTS) is 2. The number of aromatic nitrogens is 1. The number of carboxylic acids is 2. The minimum absolute atomic E-state index is 0.00389. The van der Waals surface area contributed by atoms with Crippen LogP contribution in [0.5, 0.6) is 5.75 Å². The van der Waals surface area contributed by atoms with Crippen molar-refractivity contribution in [1.29, 1.82) is 0 Å². The second-order valence-corrected chi connectivity index (χ2v) is 13.1. The topological polar surface area (TPSA) is 109 Å². The average molecular weight is 729 g/mol. The lowest BCUT2D eigenvalue weighted by Gasteiger charge is -2.24. The molecule has 5 aromatic rings. The maximum Gasteiger partial charge on any atom is 0.416 e. The Morgan fingerprint density at radius 3 is 2.21 bits per heavy atom. The fourth-order valence-corrected chi connectivity index (χ4v) is 6.79. The van der Waals surface area contributed by atoms with Gasteiger partial charge in [-0.05, 0) is 115 Å². The molecule has 1 heterocycles. The molecule has 1 aromatic heterocycles. The largest absolute Gasteiger partial charge is 0.489 e. The number of pyridine rings is 1. The zero-order valence-electron chi connectivity index (χ0n) is 28.1. The molecule has 268 valence electrons. The van der Waals surface area contributed by atoms with Gasteiger partial charge in [-0.2, -0.15) is 13.2 Å². The number of fused-ring (bicyclic) bond motifs is 1. The predicted octanol–water partition coefficient (Wildman–Crippen LogP) is 9.71. The number of nitrogens with zero attached hydrogens (tertiary/aromatic N) is 1. The van der Waals surface area contributed by atoms with Crippen LogP contribution in [0.1, 0.15) is 72.8 Å². The molecule has 0 atom stereocenters. The van der Waals surface area contributed by atoms with Crippen LogP contribution in [0.3, 0.4) is 0 Å². The molecule has 0 fully saturated rings. The quantitative estimate of drug-likeness (QED) is 0.111. The SMILES string of the molecule is O=C(O)c1ccc(CCc2c3c(nc(C(=O)O)c2NCCc2ccccc2OCc2ccc(-c4ccc(C(F)(F)F)cc4)cc2Cl)CCCC3)cc1. The second kappa shape index (κ2) is 15.9. The van der Waals surface area contributed by atoms with Crippen molar-refractivity contribution in [3.63, 3.8) is 0 Å². The number of ether oxygens (including phenoxy) is 1. The first-order chi connectivity index (χ1) is 25.0. The summed E-state index contributed by atoms with van der Waals surface area (Å²) >= 11 is 6.58. The Bertz CT molecular complexity index is 2080. The highest BCUT2D eigenvalue weighted by molar-refractivity contribution is 6.31. The predicted molar refractivity (Wildman–Crippen MR) is 194 cm³/mol. The number of aryl methyl sites for hydroxylation is 2. The van der Waals surface area contributed by atoms with Gasteiger partial charge >= 0.3 is 18.1 Å². The van der Waals surface area contributed by atoms with E-state index in [1.807, 2.05) is 24.3 Å². The van der Waals surface area contributed by atoms with Gasteiger partial charge in [-0.15, -0.1) is 0 Å². The van der Waals surface area contributed by atoms with Gasteiger partial charge in [-0.25, -0.2) is 14.6 Å². The normalized spacial score (nSPS) is 12.6. The number of nitrogens with one attached hydrogen (secondary N) is 1. The second-order valence-electron chi connectivity index (χ2n) is 12.7. The molecule has 7 nitrogen and oxygen atoms in total. The van der Waals surface area contributed by atoms with E-state index >= 15 is 0 Å². The molecule has 1 aliphatic rings. The standard InChI is InChI=1S/C41H36ClF3N2O5/c42-34-23-29(26-16-18-31(19-17-26)41(43,44)45)14-15-30(34)24-52-36-8-4-1-5-27(36)21-22-46-37-33(20-11-25-9-12-28(13-10-25)39(48)49)32-6-2-3-7-35(32)47-38(37)40(50)51/h1,4-5,8-10,12-19,23,46H,2-3,6-7,11,20-22,24H2,(H,48,49)(H,50,51). The van der Waals surface area contributed by atoms with Crippen molar-refractivity contribution < 1.29 is 37.7 Å². The van der Waals surface area contributed by atoms with Crippen molar-refractivity contribution in [2.24, 2.45) is 0 Å². The van der Waals surface area contributed by atoms with Gasteiger partial charge < -0.3 is 20.3 Å². The summed E-state index contributed by atoms with van der Waals surface area (Å²) < 4.78 is 45.2. The summed E-state index contributed by atoms with van der Waals surface area (Å²) in [6, 6.07) is 24.5. The summed E-state index contributed by atoms with van der Waals surface area (Å²) in [7, 11) is 0. The van der Waals surface area contributed by atoms with Gasteiger partial charge in [0.25, 0.3) is 0 Å². The molecule has 4 aromatic carbocycles. The van der Waals surface area contributed by atoms with Gasteiger partial charge in [0.2, 0.25) is 0 Å². The summed E-state index contributed by atoms with van der Waals surface area (Å²) in [4.78, 5) is 28.4. The smallest absolute Gasteiger partial charge is 0.416 e. The number of aromatic carboxylic acids is 2. The Morgan fingerprint density at radius 2 is 1.52 bits per heavy atom. The first-order valence-corrected chi connectivity index (χ1v) is 17.4. The third kappa shape index (κ3) is 8.57. The van der Waals surface area contributed by atoms with Crippen LogP contribution in [0.4, 0.5) is 18.9 Å². The number of para-hydroxylation sites is 1. The molecule has 1 aliphatic carbocycles. The van der Waals surface area contributed by atoms with E-state index in [0.717, 1.165) is 65.8 Å². The number of halogens is 4. The summed E-state index contributed by atoms with van der Waals surface area (Å²) in [6.45, 7) is 0.566. The van der Waals surface area contributed by atoms with Crippen molar-refractivity contribution in [2.45, 2.75) is 57.7 Å². The van der Waals surface area contributed by atoms with Crippen molar-refractivity contribution in [3.05, 3.63) is 146 Å². The molecule has 0 unspecified atom stereocenters. The molecule has 0 saturated heterocycles. The van der Waals surface area contributed by atoms with Gasteiger partial charge in [-0.1, -0.05) is 66.2 Å². The molecule has 0 amide bonds. The zero-order valence-corrected chi connectivity index (χ0v) is 28.9. The van der Waals surface area contributed by atoms with E-state index < -0.39 is 23.7 Å². The molecule has 0 aliphatic heterocycles.